The average molecular weight is 309 g/mol. The summed E-state index contributed by atoms with van der Waals surface area (Å²) in [7, 11) is 0. The number of esters is 1. The molecule has 5 heteroatoms. The lowest BCUT2D eigenvalue weighted by Crippen LogP contribution is -2.29. The molecule has 1 fully saturated rings. The van der Waals surface area contributed by atoms with Crippen molar-refractivity contribution in [3.63, 3.8) is 0 Å². The number of ketones is 1. The van der Waals surface area contributed by atoms with E-state index in [0.29, 0.717) is 22.7 Å². The van der Waals surface area contributed by atoms with E-state index in [1.54, 1.807) is 0 Å². The van der Waals surface area contributed by atoms with Crippen molar-refractivity contribution in [2.24, 2.45) is 0 Å². The second-order valence-corrected chi connectivity index (χ2v) is 6.28. The smallest absolute Gasteiger partial charge is 0.350 e. The molecule has 2 aromatic rings. The third-order valence-electron chi connectivity index (χ3n) is 3.47. The van der Waals surface area contributed by atoms with Crippen LogP contribution in [0, 0.1) is 0 Å². The van der Waals surface area contributed by atoms with Crippen LogP contribution in [0.4, 0.5) is 0 Å². The Hall–Kier alpha value is -1.39. The first-order chi connectivity index (χ1) is 9.66. The highest BCUT2D eigenvalue weighted by atomic mass is 35.5. The Labute approximate surface area is 125 Å². The van der Waals surface area contributed by atoms with Gasteiger partial charge in [-0.2, -0.15) is 0 Å². The minimum atomic E-state index is -0.600. The second-order valence-electron chi connectivity index (χ2n) is 4.85. The third-order valence-corrected chi connectivity index (χ3v) is 5.12. The van der Waals surface area contributed by atoms with Crippen LogP contribution in [0.5, 0.6) is 0 Å². The Kier molecular flexibility index (Phi) is 3.76. The summed E-state index contributed by atoms with van der Waals surface area (Å²) in [6.45, 7) is 0. The molecule has 0 unspecified atom stereocenters. The lowest BCUT2D eigenvalue weighted by molar-refractivity contribution is -0.129. The number of thiophene rings is 1. The van der Waals surface area contributed by atoms with E-state index in [1.165, 1.54) is 11.3 Å². The molecule has 1 aliphatic carbocycles. The molecule has 1 aromatic heterocycles. The second kappa shape index (κ2) is 5.54. The normalized spacial score (nSPS) is 19.2. The van der Waals surface area contributed by atoms with Gasteiger partial charge in [0, 0.05) is 16.5 Å². The molecule has 0 amide bonds. The predicted octanol–water partition coefficient (Wildman–Crippen LogP) is 4.22. The van der Waals surface area contributed by atoms with Crippen molar-refractivity contribution in [1.29, 1.82) is 0 Å². The maximum atomic E-state index is 12.2. The molecule has 104 valence electrons. The third kappa shape index (κ3) is 2.45. The Morgan fingerprint density at radius 3 is 2.85 bits per heavy atom. The number of hydrogen-bond donors (Lipinski definition) is 0. The number of carbonyl (C=O) groups is 2. The van der Waals surface area contributed by atoms with Crippen molar-refractivity contribution in [3.05, 3.63) is 34.2 Å². The van der Waals surface area contributed by atoms with Gasteiger partial charge in [-0.25, -0.2) is 4.79 Å². The van der Waals surface area contributed by atoms with E-state index in [-0.39, 0.29) is 5.78 Å². The highest BCUT2D eigenvalue weighted by Gasteiger charge is 2.28. The zero-order valence-corrected chi connectivity index (χ0v) is 12.3. The van der Waals surface area contributed by atoms with Gasteiger partial charge in [-0.05, 0) is 25.3 Å². The Balaban J connectivity index is 1.85. The fourth-order valence-corrected chi connectivity index (χ4v) is 3.79. The van der Waals surface area contributed by atoms with Crippen molar-refractivity contribution in [2.75, 3.05) is 0 Å². The molecule has 0 N–H and O–H groups in total. The fourth-order valence-electron chi connectivity index (χ4n) is 2.40. The van der Waals surface area contributed by atoms with Gasteiger partial charge in [0.05, 0.1) is 5.02 Å². The molecule has 3 rings (SSSR count). The first kappa shape index (κ1) is 13.6. The number of ether oxygens (including phenoxy) is 1. The van der Waals surface area contributed by atoms with E-state index in [9.17, 15) is 9.59 Å². The van der Waals surface area contributed by atoms with Crippen LogP contribution in [0.15, 0.2) is 24.3 Å². The number of hydrogen-bond acceptors (Lipinski definition) is 4. The minimum absolute atomic E-state index is 0.0156. The molecule has 0 aliphatic heterocycles. The highest BCUT2D eigenvalue weighted by molar-refractivity contribution is 7.21. The summed E-state index contributed by atoms with van der Waals surface area (Å²) in [4.78, 5) is 24.3. The molecule has 1 saturated carbocycles. The van der Waals surface area contributed by atoms with Crippen LogP contribution >= 0.6 is 22.9 Å². The lowest BCUT2D eigenvalue weighted by atomic mass is 9.96. The topological polar surface area (TPSA) is 43.4 Å². The van der Waals surface area contributed by atoms with Gasteiger partial charge in [-0.15, -0.1) is 11.3 Å². The Morgan fingerprint density at radius 2 is 2.10 bits per heavy atom. The number of benzene rings is 1. The van der Waals surface area contributed by atoms with Gasteiger partial charge < -0.3 is 4.74 Å². The maximum absolute atomic E-state index is 12.2. The van der Waals surface area contributed by atoms with Crippen LogP contribution in [0.1, 0.15) is 35.4 Å². The van der Waals surface area contributed by atoms with Crippen LogP contribution in [0.2, 0.25) is 5.02 Å². The number of rotatable bonds is 2. The SMILES string of the molecule is O=C(O[C@H]1CCCCC1=O)c1sc2ccccc2c1Cl. The van der Waals surface area contributed by atoms with E-state index in [1.807, 2.05) is 24.3 Å². The fraction of sp³-hybridized carbons (Fsp3) is 0.333. The van der Waals surface area contributed by atoms with Crippen LogP contribution < -0.4 is 0 Å². The van der Waals surface area contributed by atoms with Gasteiger partial charge in [-0.3, -0.25) is 4.79 Å². The number of halogens is 1. The summed E-state index contributed by atoms with van der Waals surface area (Å²) in [6, 6.07) is 7.56. The Morgan fingerprint density at radius 1 is 1.30 bits per heavy atom. The molecule has 0 bridgehead atoms. The number of Topliss-reactive ketones (excluding diaryl/α,β-unsaturated/α-hetero) is 1. The first-order valence-electron chi connectivity index (χ1n) is 6.57. The summed E-state index contributed by atoms with van der Waals surface area (Å²) in [5.41, 5.74) is 0. The zero-order chi connectivity index (χ0) is 14.1. The largest absolute Gasteiger partial charge is 0.450 e. The molecule has 1 aromatic carbocycles. The number of fused-ring (bicyclic) bond motifs is 1. The standard InChI is InChI=1S/C15H13ClO3S/c16-13-9-5-1-4-8-12(9)20-14(13)15(18)19-11-7-3-2-6-10(11)17/h1,4-5,8,11H,2-3,6-7H2/t11-/m0/s1. The predicted molar refractivity (Wildman–Crippen MR) is 79.5 cm³/mol. The molecular formula is C15H13ClO3S. The molecular weight excluding hydrogens is 296 g/mol. The quantitative estimate of drug-likeness (QED) is 0.780. The average Bonchev–Trinajstić information content (AvgIpc) is 2.79. The molecule has 0 spiro atoms. The molecule has 1 heterocycles. The summed E-state index contributed by atoms with van der Waals surface area (Å²) < 4.78 is 6.28. The van der Waals surface area contributed by atoms with Crippen molar-refractivity contribution >= 4 is 44.8 Å². The van der Waals surface area contributed by atoms with Gasteiger partial charge in [0.15, 0.2) is 11.9 Å². The van der Waals surface area contributed by atoms with E-state index >= 15 is 0 Å². The molecule has 1 atom stereocenters. The Bertz CT molecular complexity index is 677. The van der Waals surface area contributed by atoms with E-state index < -0.39 is 12.1 Å². The van der Waals surface area contributed by atoms with Gasteiger partial charge >= 0.3 is 5.97 Å². The first-order valence-corrected chi connectivity index (χ1v) is 7.77. The minimum Gasteiger partial charge on any atom is -0.450 e. The molecule has 20 heavy (non-hydrogen) atoms. The van der Waals surface area contributed by atoms with Crippen LogP contribution in [0.25, 0.3) is 10.1 Å². The summed E-state index contributed by atoms with van der Waals surface area (Å²) in [5, 5.41) is 1.26. The van der Waals surface area contributed by atoms with Gasteiger partial charge in [0.2, 0.25) is 0 Å². The van der Waals surface area contributed by atoms with Crippen molar-refractivity contribution in [1.82, 2.24) is 0 Å². The molecule has 0 radical (unpaired) electrons. The van der Waals surface area contributed by atoms with Crippen molar-refractivity contribution in [3.8, 4) is 0 Å². The highest BCUT2D eigenvalue weighted by Crippen LogP contribution is 2.36. The van der Waals surface area contributed by atoms with E-state index in [4.69, 9.17) is 16.3 Å². The zero-order valence-electron chi connectivity index (χ0n) is 10.7. The molecule has 1 aliphatic rings. The van der Waals surface area contributed by atoms with Gasteiger partial charge in [-0.1, -0.05) is 29.8 Å². The van der Waals surface area contributed by atoms with E-state index in [2.05, 4.69) is 0 Å². The van der Waals surface area contributed by atoms with Gasteiger partial charge in [0.1, 0.15) is 4.88 Å². The van der Waals surface area contributed by atoms with Crippen molar-refractivity contribution in [2.45, 2.75) is 31.8 Å². The van der Waals surface area contributed by atoms with Crippen LogP contribution in [-0.4, -0.2) is 17.9 Å². The summed E-state index contributed by atoms with van der Waals surface area (Å²) >= 11 is 7.53. The van der Waals surface area contributed by atoms with Crippen LogP contribution in [-0.2, 0) is 9.53 Å². The van der Waals surface area contributed by atoms with Gasteiger partial charge in [0.25, 0.3) is 0 Å². The summed E-state index contributed by atoms with van der Waals surface area (Å²) in [5.74, 6) is -0.474. The monoisotopic (exact) mass is 308 g/mol. The molecule has 3 nitrogen and oxygen atoms in total. The molecule has 0 saturated heterocycles. The number of carbonyl (C=O) groups excluding carboxylic acids is 2. The lowest BCUT2D eigenvalue weighted by Gasteiger charge is -2.20. The maximum Gasteiger partial charge on any atom is 0.350 e. The van der Waals surface area contributed by atoms with Crippen molar-refractivity contribution < 1.29 is 14.3 Å². The van der Waals surface area contributed by atoms with E-state index in [0.717, 1.165) is 22.9 Å². The van der Waals surface area contributed by atoms with Crippen LogP contribution in [0.3, 0.4) is 0 Å². The summed E-state index contributed by atoms with van der Waals surface area (Å²) in [6.07, 6.45) is 2.32.